The molecule has 0 aliphatic heterocycles. The fourth-order valence-corrected chi connectivity index (χ4v) is 12.8. The zero-order chi connectivity index (χ0) is 51.5. The van der Waals surface area contributed by atoms with Crippen molar-refractivity contribution in [2.75, 3.05) is 9.80 Å². The number of rotatable bonds is 8. The molecule has 0 radical (unpaired) electrons. The molecule has 15 rings (SSSR count). The lowest BCUT2D eigenvalue weighted by Crippen LogP contribution is -2.29. The van der Waals surface area contributed by atoms with Gasteiger partial charge in [-0.05, 0) is 178 Å². The molecule has 0 bridgehead atoms. The van der Waals surface area contributed by atoms with Crippen LogP contribution in [0.25, 0.3) is 76.5 Å². The Morgan fingerprint density at radius 3 is 1.13 bits per heavy atom. The molecule has 1 aliphatic rings. The van der Waals surface area contributed by atoms with Gasteiger partial charge in [-0.15, -0.1) is 0 Å². The Balaban J connectivity index is 0.964. The Morgan fingerprint density at radius 1 is 0.299 bits per heavy atom. The van der Waals surface area contributed by atoms with Gasteiger partial charge in [0, 0.05) is 44.3 Å². The molecule has 77 heavy (non-hydrogen) atoms. The Kier molecular flexibility index (Phi) is 10.0. The molecule has 0 fully saturated rings. The Labute approximate surface area is 447 Å². The molecule has 4 heteroatoms. The molecule has 366 valence electrons. The number of hydrogen-bond acceptors (Lipinski definition) is 4. The SMILES string of the molecule is Cc1ccc(N(c2ccc3c4c(ccc3c2)-c2ccc3cc(N(c5ccc(C)c(C)c5)c5cccc6c5oc5ccccc56)ccc3c2C4(c2ccccc2)c2ccccc2)c2cccc3c2oc2ccccc23)cc1C. The van der Waals surface area contributed by atoms with E-state index in [2.05, 4.69) is 268 Å². The topological polar surface area (TPSA) is 32.8 Å². The van der Waals surface area contributed by atoms with E-state index in [-0.39, 0.29) is 0 Å². The van der Waals surface area contributed by atoms with E-state index in [0.29, 0.717) is 0 Å². The molecule has 14 aromatic rings. The number of nitrogens with zero attached hydrogens (tertiary/aromatic N) is 2. The van der Waals surface area contributed by atoms with Crippen molar-refractivity contribution in [1.82, 2.24) is 0 Å². The predicted octanol–water partition coefficient (Wildman–Crippen LogP) is 20.3. The second-order valence-electron chi connectivity index (χ2n) is 21.0. The summed E-state index contributed by atoms with van der Waals surface area (Å²) in [6.07, 6.45) is 0. The van der Waals surface area contributed by atoms with Gasteiger partial charge in [0.1, 0.15) is 11.2 Å². The normalized spacial score (nSPS) is 12.8. The van der Waals surface area contributed by atoms with Crippen molar-refractivity contribution in [3.8, 4) is 11.1 Å². The average Bonchev–Trinajstić information content (AvgIpc) is 4.28. The van der Waals surface area contributed by atoms with E-state index < -0.39 is 5.41 Å². The van der Waals surface area contributed by atoms with Crippen LogP contribution in [0.1, 0.15) is 44.5 Å². The van der Waals surface area contributed by atoms with Crippen LogP contribution < -0.4 is 9.80 Å². The molecule has 0 atom stereocenters. The number of furan rings is 2. The van der Waals surface area contributed by atoms with Crippen LogP contribution >= 0.6 is 0 Å². The molecule has 2 aromatic heterocycles. The van der Waals surface area contributed by atoms with Gasteiger partial charge < -0.3 is 18.6 Å². The van der Waals surface area contributed by atoms with Gasteiger partial charge in [-0.3, -0.25) is 0 Å². The zero-order valence-corrected chi connectivity index (χ0v) is 43.3. The number of para-hydroxylation sites is 4. The standard InChI is InChI=1S/C73H52N2O2/c1-45-29-33-53(41-47(45)3)74(65-25-15-23-63-59-21-11-13-27-67(59)76-71(63)65)55-35-39-57-49(43-55)31-37-61-62-38-32-50-44-56(36-40-58(50)70(62)73(69(57)61,51-17-7-5-8-18-51)52-19-9-6-10-20-52)75(54-34-30-46(2)48(4)42-54)66-26-16-24-64-60-22-12-14-28-68(60)77-72(64)66/h5-44H,1-4H3. The lowest BCUT2D eigenvalue weighted by molar-refractivity contribution is 0.668. The van der Waals surface area contributed by atoms with Gasteiger partial charge in [0.2, 0.25) is 0 Å². The second-order valence-corrected chi connectivity index (χ2v) is 21.0. The van der Waals surface area contributed by atoms with Crippen LogP contribution in [0, 0.1) is 27.7 Å². The Hall–Kier alpha value is -9.64. The molecule has 0 unspecified atom stereocenters. The van der Waals surface area contributed by atoms with Crippen molar-refractivity contribution in [3.63, 3.8) is 0 Å². The smallest absolute Gasteiger partial charge is 0.159 e. The number of benzene rings is 12. The molecular formula is C73H52N2O2. The third-order valence-electron chi connectivity index (χ3n) is 16.7. The highest BCUT2D eigenvalue weighted by atomic mass is 16.3. The minimum Gasteiger partial charge on any atom is -0.454 e. The summed E-state index contributed by atoms with van der Waals surface area (Å²) >= 11 is 0. The van der Waals surface area contributed by atoms with Crippen LogP contribution in [-0.4, -0.2) is 0 Å². The third kappa shape index (κ3) is 6.71. The first-order chi connectivity index (χ1) is 37.8. The summed E-state index contributed by atoms with van der Waals surface area (Å²) < 4.78 is 13.5. The van der Waals surface area contributed by atoms with Crippen LogP contribution in [0.15, 0.2) is 251 Å². The molecule has 2 heterocycles. The fourth-order valence-electron chi connectivity index (χ4n) is 12.8. The van der Waals surface area contributed by atoms with E-state index in [1.54, 1.807) is 0 Å². The van der Waals surface area contributed by atoms with E-state index in [1.807, 2.05) is 12.1 Å². The van der Waals surface area contributed by atoms with Crippen molar-refractivity contribution >= 4 is 99.5 Å². The predicted molar refractivity (Wildman–Crippen MR) is 322 cm³/mol. The van der Waals surface area contributed by atoms with Crippen LogP contribution in [0.2, 0.25) is 0 Å². The molecule has 0 amide bonds. The van der Waals surface area contributed by atoms with Crippen molar-refractivity contribution in [2.45, 2.75) is 33.1 Å². The van der Waals surface area contributed by atoms with Crippen LogP contribution in [-0.2, 0) is 5.41 Å². The molecule has 0 spiro atoms. The van der Waals surface area contributed by atoms with Crippen LogP contribution in [0.4, 0.5) is 34.1 Å². The first-order valence-electron chi connectivity index (χ1n) is 26.6. The molecule has 0 N–H and O–H groups in total. The summed E-state index contributed by atoms with van der Waals surface area (Å²) in [5.74, 6) is 0. The molecular weight excluding hydrogens is 937 g/mol. The molecule has 0 saturated carbocycles. The minimum atomic E-state index is -0.684. The maximum Gasteiger partial charge on any atom is 0.159 e. The summed E-state index contributed by atoms with van der Waals surface area (Å²) in [6.45, 7) is 8.75. The summed E-state index contributed by atoms with van der Waals surface area (Å²) in [6, 6.07) is 89.2. The largest absolute Gasteiger partial charge is 0.454 e. The summed E-state index contributed by atoms with van der Waals surface area (Å²) in [7, 11) is 0. The molecule has 0 saturated heterocycles. The average molecular weight is 989 g/mol. The summed E-state index contributed by atoms with van der Waals surface area (Å²) in [5, 5.41) is 9.15. The summed E-state index contributed by atoms with van der Waals surface area (Å²) in [5.41, 5.74) is 21.5. The zero-order valence-electron chi connectivity index (χ0n) is 43.3. The van der Waals surface area contributed by atoms with E-state index in [1.165, 1.54) is 66.4 Å². The third-order valence-corrected chi connectivity index (χ3v) is 16.7. The maximum absolute atomic E-state index is 6.76. The van der Waals surface area contributed by atoms with E-state index in [4.69, 9.17) is 8.83 Å². The molecule has 4 nitrogen and oxygen atoms in total. The monoisotopic (exact) mass is 988 g/mol. The Bertz CT molecular complexity index is 4400. The Morgan fingerprint density at radius 2 is 0.688 bits per heavy atom. The number of fused-ring (bicyclic) bond motifs is 13. The van der Waals surface area contributed by atoms with Crippen molar-refractivity contribution in [3.05, 3.63) is 287 Å². The van der Waals surface area contributed by atoms with Crippen molar-refractivity contribution < 1.29 is 8.83 Å². The number of anilines is 6. The van der Waals surface area contributed by atoms with Gasteiger partial charge >= 0.3 is 0 Å². The first-order valence-corrected chi connectivity index (χ1v) is 26.6. The highest BCUT2D eigenvalue weighted by molar-refractivity contribution is 6.13. The van der Waals surface area contributed by atoms with Crippen LogP contribution in [0.5, 0.6) is 0 Å². The van der Waals surface area contributed by atoms with Gasteiger partial charge in [0.15, 0.2) is 11.2 Å². The van der Waals surface area contributed by atoms with Crippen LogP contribution in [0.3, 0.4) is 0 Å². The molecule has 12 aromatic carbocycles. The quantitative estimate of drug-likeness (QED) is 0.152. The van der Waals surface area contributed by atoms with E-state index in [9.17, 15) is 0 Å². The van der Waals surface area contributed by atoms with Crippen molar-refractivity contribution in [2.24, 2.45) is 0 Å². The fraction of sp³-hybridized carbons (Fsp3) is 0.0685. The number of hydrogen-bond donors (Lipinski definition) is 0. The van der Waals surface area contributed by atoms with Gasteiger partial charge in [0.25, 0.3) is 0 Å². The van der Waals surface area contributed by atoms with Gasteiger partial charge in [-0.25, -0.2) is 0 Å². The van der Waals surface area contributed by atoms with E-state index >= 15 is 0 Å². The highest BCUT2D eigenvalue weighted by Gasteiger charge is 2.48. The van der Waals surface area contributed by atoms with Gasteiger partial charge in [-0.2, -0.15) is 0 Å². The first kappa shape index (κ1) is 44.8. The lowest BCUT2D eigenvalue weighted by atomic mass is 9.66. The van der Waals surface area contributed by atoms with E-state index in [0.717, 1.165) is 88.8 Å². The maximum atomic E-state index is 6.76. The minimum absolute atomic E-state index is 0.684. The van der Waals surface area contributed by atoms with Gasteiger partial charge in [-0.1, -0.05) is 170 Å². The van der Waals surface area contributed by atoms with Crippen molar-refractivity contribution in [1.29, 1.82) is 0 Å². The molecule has 1 aliphatic carbocycles. The summed E-state index contributed by atoms with van der Waals surface area (Å²) in [4.78, 5) is 4.75. The highest BCUT2D eigenvalue weighted by Crippen LogP contribution is 2.60. The number of aryl methyl sites for hydroxylation is 4. The second kappa shape index (κ2) is 17.2. The van der Waals surface area contributed by atoms with Gasteiger partial charge in [0.05, 0.1) is 16.8 Å². The lowest BCUT2D eigenvalue weighted by Gasteiger charge is -2.36.